The third-order valence-electron chi connectivity index (χ3n) is 1.32. The van der Waals surface area contributed by atoms with Gasteiger partial charge in [0.25, 0.3) is 0 Å². The summed E-state index contributed by atoms with van der Waals surface area (Å²) in [6.07, 6.45) is 0. The summed E-state index contributed by atoms with van der Waals surface area (Å²) in [6, 6.07) is 0. The van der Waals surface area contributed by atoms with Gasteiger partial charge in [0.2, 0.25) is 5.28 Å². The van der Waals surface area contributed by atoms with Crippen molar-refractivity contribution in [2.45, 2.75) is 0 Å². The summed E-state index contributed by atoms with van der Waals surface area (Å²) in [4.78, 5) is 14.4. The van der Waals surface area contributed by atoms with Gasteiger partial charge < -0.3 is 10.7 Å². The van der Waals surface area contributed by atoms with Crippen molar-refractivity contribution in [1.29, 1.82) is 0 Å². The maximum atomic E-state index is 5.56. The molecule has 0 atom stereocenters. The number of fused-ring (bicyclic) bond motifs is 1. The number of anilines is 1. The standard InChI is InChI=1S/C5H3BrClN5/c6-4-9-1-2(8)10-5(7)12-3(1)11-4/h(H3,8,9,10,11,12). The van der Waals surface area contributed by atoms with Crippen LogP contribution in [0.15, 0.2) is 4.73 Å². The summed E-state index contributed by atoms with van der Waals surface area (Å²) in [7, 11) is 0. The largest absolute Gasteiger partial charge is 0.382 e. The van der Waals surface area contributed by atoms with Crippen LogP contribution >= 0.6 is 27.5 Å². The third-order valence-corrected chi connectivity index (χ3v) is 1.87. The van der Waals surface area contributed by atoms with Crippen molar-refractivity contribution < 1.29 is 0 Å². The summed E-state index contributed by atoms with van der Waals surface area (Å²) in [6.45, 7) is 0. The maximum absolute atomic E-state index is 5.56. The number of rotatable bonds is 0. The fourth-order valence-corrected chi connectivity index (χ4v) is 1.40. The highest BCUT2D eigenvalue weighted by Gasteiger charge is 2.07. The van der Waals surface area contributed by atoms with Crippen molar-refractivity contribution in [2.24, 2.45) is 0 Å². The molecule has 2 aromatic rings. The fraction of sp³-hybridized carbons (Fsp3) is 0. The molecule has 0 unspecified atom stereocenters. The average molecular weight is 248 g/mol. The number of aromatic amines is 1. The monoisotopic (exact) mass is 247 g/mol. The van der Waals surface area contributed by atoms with Crippen molar-refractivity contribution >= 4 is 44.5 Å². The Labute approximate surface area is 80.5 Å². The summed E-state index contributed by atoms with van der Waals surface area (Å²) >= 11 is 8.71. The number of nitrogens with one attached hydrogen (secondary N) is 1. The first-order valence-corrected chi connectivity index (χ1v) is 4.18. The minimum Gasteiger partial charge on any atom is -0.382 e. The minimum atomic E-state index is 0.0963. The summed E-state index contributed by atoms with van der Waals surface area (Å²) < 4.78 is 0.556. The fourth-order valence-electron chi connectivity index (χ4n) is 0.863. The molecule has 0 spiro atoms. The van der Waals surface area contributed by atoms with E-state index < -0.39 is 0 Å². The Morgan fingerprint density at radius 1 is 1.33 bits per heavy atom. The number of nitrogen functional groups attached to an aromatic ring is 1. The van der Waals surface area contributed by atoms with E-state index in [9.17, 15) is 0 Å². The SMILES string of the molecule is Nc1nc(Cl)nc2nc(Br)[nH]c12. The van der Waals surface area contributed by atoms with Crippen molar-refractivity contribution in [2.75, 3.05) is 5.73 Å². The lowest BCUT2D eigenvalue weighted by atomic mass is 10.5. The molecule has 5 nitrogen and oxygen atoms in total. The molecule has 12 heavy (non-hydrogen) atoms. The van der Waals surface area contributed by atoms with Gasteiger partial charge in [0.05, 0.1) is 0 Å². The van der Waals surface area contributed by atoms with E-state index in [0.717, 1.165) is 0 Å². The smallest absolute Gasteiger partial charge is 0.226 e. The third kappa shape index (κ3) is 1.12. The van der Waals surface area contributed by atoms with E-state index in [1.54, 1.807) is 0 Å². The highest BCUT2D eigenvalue weighted by atomic mass is 79.9. The van der Waals surface area contributed by atoms with E-state index in [4.69, 9.17) is 17.3 Å². The van der Waals surface area contributed by atoms with E-state index in [1.165, 1.54) is 0 Å². The molecule has 2 heterocycles. The number of nitrogens with zero attached hydrogens (tertiary/aromatic N) is 3. The van der Waals surface area contributed by atoms with Gasteiger partial charge in [0, 0.05) is 0 Å². The molecule has 0 radical (unpaired) electrons. The predicted molar refractivity (Wildman–Crippen MR) is 48.8 cm³/mol. The maximum Gasteiger partial charge on any atom is 0.226 e. The second kappa shape index (κ2) is 2.56. The number of hydrogen-bond acceptors (Lipinski definition) is 4. The van der Waals surface area contributed by atoms with E-state index >= 15 is 0 Å². The summed E-state index contributed by atoms with van der Waals surface area (Å²) in [5, 5.41) is 0.0963. The molecule has 0 aliphatic rings. The van der Waals surface area contributed by atoms with Gasteiger partial charge in [-0.15, -0.1) is 0 Å². The Hall–Kier alpha value is -0.880. The summed E-state index contributed by atoms with van der Waals surface area (Å²) in [5.74, 6) is 0.295. The van der Waals surface area contributed by atoms with Crippen LogP contribution < -0.4 is 5.73 Å². The predicted octanol–water partition coefficient (Wildman–Crippen LogP) is 1.35. The second-order valence-electron chi connectivity index (χ2n) is 2.10. The zero-order chi connectivity index (χ0) is 8.72. The van der Waals surface area contributed by atoms with Crippen molar-refractivity contribution in [3.05, 3.63) is 10.0 Å². The number of H-pyrrole nitrogens is 1. The van der Waals surface area contributed by atoms with Gasteiger partial charge in [-0.3, -0.25) is 0 Å². The first-order valence-electron chi connectivity index (χ1n) is 3.01. The molecule has 0 aromatic carbocycles. The topological polar surface area (TPSA) is 80.5 Å². The van der Waals surface area contributed by atoms with Crippen molar-refractivity contribution in [3.63, 3.8) is 0 Å². The number of hydrogen-bond donors (Lipinski definition) is 2. The molecule has 3 N–H and O–H groups in total. The van der Waals surface area contributed by atoms with Crippen LogP contribution in [0.1, 0.15) is 0 Å². The van der Waals surface area contributed by atoms with Crippen LogP contribution in [0.2, 0.25) is 5.28 Å². The van der Waals surface area contributed by atoms with E-state index in [1.807, 2.05) is 0 Å². The molecule has 0 saturated heterocycles. The zero-order valence-electron chi connectivity index (χ0n) is 5.67. The molecule has 0 saturated carbocycles. The van der Waals surface area contributed by atoms with Crippen LogP contribution in [-0.4, -0.2) is 19.9 Å². The van der Waals surface area contributed by atoms with E-state index in [0.29, 0.717) is 21.7 Å². The molecular formula is C5H3BrClN5. The lowest BCUT2D eigenvalue weighted by Crippen LogP contribution is -1.94. The molecule has 0 bridgehead atoms. The number of imidazole rings is 1. The Balaban J connectivity index is 2.88. The normalized spacial score (nSPS) is 10.8. The minimum absolute atomic E-state index is 0.0963. The highest BCUT2D eigenvalue weighted by molar-refractivity contribution is 9.10. The zero-order valence-corrected chi connectivity index (χ0v) is 8.02. The first kappa shape index (κ1) is 7.75. The molecule has 7 heteroatoms. The van der Waals surface area contributed by atoms with Gasteiger partial charge in [-0.25, -0.2) is 4.98 Å². The Kier molecular flexibility index (Phi) is 1.66. The lowest BCUT2D eigenvalue weighted by Gasteiger charge is -1.92. The van der Waals surface area contributed by atoms with Gasteiger partial charge in [-0.1, -0.05) is 0 Å². The Morgan fingerprint density at radius 3 is 2.83 bits per heavy atom. The van der Waals surface area contributed by atoms with Gasteiger partial charge in [-0.2, -0.15) is 9.97 Å². The molecule has 0 fully saturated rings. The number of nitrogens with two attached hydrogens (primary N) is 1. The number of halogens is 2. The van der Waals surface area contributed by atoms with Crippen LogP contribution in [-0.2, 0) is 0 Å². The lowest BCUT2D eigenvalue weighted by molar-refractivity contribution is 1.20. The molecule has 0 amide bonds. The quantitative estimate of drug-likeness (QED) is 0.545. The van der Waals surface area contributed by atoms with Crippen LogP contribution in [0.3, 0.4) is 0 Å². The molecule has 0 aliphatic carbocycles. The highest BCUT2D eigenvalue weighted by Crippen LogP contribution is 2.18. The van der Waals surface area contributed by atoms with Crippen LogP contribution in [0.25, 0.3) is 11.2 Å². The van der Waals surface area contributed by atoms with Crippen molar-refractivity contribution in [3.8, 4) is 0 Å². The first-order chi connectivity index (χ1) is 5.66. The van der Waals surface area contributed by atoms with Crippen molar-refractivity contribution in [1.82, 2.24) is 19.9 Å². The van der Waals surface area contributed by atoms with E-state index in [-0.39, 0.29) is 5.28 Å². The Morgan fingerprint density at radius 2 is 2.08 bits per heavy atom. The van der Waals surface area contributed by atoms with Crippen LogP contribution in [0, 0.1) is 0 Å². The molecule has 2 rings (SSSR count). The van der Waals surface area contributed by atoms with E-state index in [2.05, 4.69) is 35.9 Å². The second-order valence-corrected chi connectivity index (χ2v) is 3.19. The van der Waals surface area contributed by atoms with Crippen LogP contribution in [0.5, 0.6) is 0 Å². The molecule has 62 valence electrons. The Bertz CT molecular complexity index is 439. The number of aromatic nitrogens is 4. The van der Waals surface area contributed by atoms with Gasteiger partial charge in [0.1, 0.15) is 5.52 Å². The molecule has 0 aliphatic heterocycles. The summed E-state index contributed by atoms with van der Waals surface area (Å²) in [5.41, 5.74) is 6.59. The van der Waals surface area contributed by atoms with Gasteiger partial charge in [-0.05, 0) is 27.5 Å². The van der Waals surface area contributed by atoms with Gasteiger partial charge in [0.15, 0.2) is 16.2 Å². The molecule has 2 aromatic heterocycles. The van der Waals surface area contributed by atoms with Gasteiger partial charge >= 0.3 is 0 Å². The average Bonchev–Trinajstić information content (AvgIpc) is 2.29. The van der Waals surface area contributed by atoms with Crippen LogP contribution in [0.4, 0.5) is 5.82 Å². The molecular weight excluding hydrogens is 245 g/mol.